The van der Waals surface area contributed by atoms with Crippen LogP contribution in [0.4, 0.5) is 0 Å². The number of hydrogen-bond acceptors (Lipinski definition) is 6. The van der Waals surface area contributed by atoms with E-state index in [1.54, 1.807) is 36.4 Å². The quantitative estimate of drug-likeness (QED) is 0.206. The number of hydrogen-bond donors (Lipinski definition) is 0. The third-order valence-electron chi connectivity index (χ3n) is 7.74. The Morgan fingerprint density at radius 1 is 0.550 bits per heavy atom. The Kier molecular flexibility index (Phi) is 6.60. The first-order valence-electron chi connectivity index (χ1n) is 13.3. The second-order valence-electron chi connectivity index (χ2n) is 10.1. The smallest absolute Gasteiger partial charge is 0.315 e. The number of carbonyl (C=O) groups is 2. The molecule has 1 saturated carbocycles. The molecular weight excluding hydrogens is 500 g/mol. The number of fused-ring (bicyclic) bond motifs is 4. The molecule has 0 aromatic heterocycles. The van der Waals surface area contributed by atoms with Crippen LogP contribution in [0.3, 0.4) is 0 Å². The van der Waals surface area contributed by atoms with Crippen LogP contribution in [0.1, 0.15) is 36.8 Å². The van der Waals surface area contributed by atoms with Gasteiger partial charge in [0.15, 0.2) is 0 Å². The summed E-state index contributed by atoms with van der Waals surface area (Å²) in [5.41, 5.74) is 5.83. The first-order valence-corrected chi connectivity index (χ1v) is 13.3. The molecule has 6 nitrogen and oxygen atoms in total. The molecule has 194 valence electrons. The fourth-order valence-corrected chi connectivity index (χ4v) is 5.56. The average Bonchev–Trinajstić information content (AvgIpc) is 3.01. The summed E-state index contributed by atoms with van der Waals surface area (Å²) in [5.74, 6) is -1.15. The maximum atomic E-state index is 13.4. The van der Waals surface area contributed by atoms with E-state index in [1.807, 2.05) is 48.5 Å². The van der Waals surface area contributed by atoms with Gasteiger partial charge in [-0.2, -0.15) is 10.5 Å². The first kappa shape index (κ1) is 25.1. The van der Waals surface area contributed by atoms with E-state index < -0.39 is 23.8 Å². The molecule has 0 amide bonds. The van der Waals surface area contributed by atoms with Crippen LogP contribution in [0.2, 0.25) is 0 Å². The van der Waals surface area contributed by atoms with Gasteiger partial charge in [0.25, 0.3) is 0 Å². The molecule has 1 aliphatic carbocycles. The van der Waals surface area contributed by atoms with E-state index in [-0.39, 0.29) is 0 Å². The van der Waals surface area contributed by atoms with Gasteiger partial charge in [0.2, 0.25) is 0 Å². The zero-order chi connectivity index (χ0) is 27.6. The molecule has 0 saturated heterocycles. The largest absolute Gasteiger partial charge is 0.426 e. The normalized spacial score (nSPS) is 18.1. The zero-order valence-corrected chi connectivity index (χ0v) is 21.6. The summed E-state index contributed by atoms with van der Waals surface area (Å²) in [4.78, 5) is 26.7. The highest BCUT2D eigenvalue weighted by molar-refractivity contribution is 5.91. The summed E-state index contributed by atoms with van der Waals surface area (Å²) < 4.78 is 12.0. The first-order chi connectivity index (χ1) is 19.5. The van der Waals surface area contributed by atoms with Gasteiger partial charge in [-0.25, -0.2) is 0 Å². The standard InChI is InChI=1S/C34H24N2O4/c35-19-21-5-9-23(10-6-21)25-13-15-31-29(17-25)30-18-26(24-11-7-22(20-36)8-12-24)14-16-32(30)40-34(38)28-4-2-1-3-27(28)33(37)39-31/h5-18,27-28H,1-4H2/t27-,28-/m0/s1. The van der Waals surface area contributed by atoms with Crippen molar-refractivity contribution in [3.8, 4) is 57.0 Å². The minimum Gasteiger partial charge on any atom is -0.426 e. The van der Waals surface area contributed by atoms with Gasteiger partial charge >= 0.3 is 11.9 Å². The number of ether oxygens (including phenoxy) is 2. The number of esters is 2. The molecule has 1 heterocycles. The van der Waals surface area contributed by atoms with Crippen LogP contribution in [-0.4, -0.2) is 11.9 Å². The number of benzene rings is 4. The van der Waals surface area contributed by atoms with Crippen LogP contribution >= 0.6 is 0 Å². The van der Waals surface area contributed by atoms with Crippen LogP contribution in [0.15, 0.2) is 84.9 Å². The molecule has 1 aliphatic heterocycles. The van der Waals surface area contributed by atoms with Crippen molar-refractivity contribution in [3.63, 3.8) is 0 Å². The summed E-state index contributed by atoms with van der Waals surface area (Å²) >= 11 is 0. The highest BCUT2D eigenvalue weighted by atomic mass is 16.5. The number of carbonyl (C=O) groups excluding carboxylic acids is 2. The number of nitriles is 2. The molecule has 6 heteroatoms. The second kappa shape index (κ2) is 10.5. The van der Waals surface area contributed by atoms with Gasteiger partial charge in [-0.1, -0.05) is 49.2 Å². The van der Waals surface area contributed by atoms with Crippen LogP contribution in [0.5, 0.6) is 11.5 Å². The second-order valence-corrected chi connectivity index (χ2v) is 10.1. The van der Waals surface area contributed by atoms with Crippen molar-refractivity contribution in [2.75, 3.05) is 0 Å². The summed E-state index contributed by atoms with van der Waals surface area (Å²) in [6.45, 7) is 0. The molecule has 4 aromatic rings. The lowest BCUT2D eigenvalue weighted by atomic mass is 9.79. The summed E-state index contributed by atoms with van der Waals surface area (Å²) in [7, 11) is 0. The predicted octanol–water partition coefficient (Wildman–Crippen LogP) is 7.06. The molecular formula is C34H24N2O4. The van der Waals surface area contributed by atoms with Crippen LogP contribution in [-0.2, 0) is 9.59 Å². The summed E-state index contributed by atoms with van der Waals surface area (Å²) in [6, 6.07) is 29.9. The fraction of sp³-hybridized carbons (Fsp3) is 0.176. The van der Waals surface area contributed by atoms with E-state index in [2.05, 4.69) is 12.1 Å². The molecule has 0 N–H and O–H groups in total. The molecule has 40 heavy (non-hydrogen) atoms. The van der Waals surface area contributed by atoms with Gasteiger partial charge in [-0.3, -0.25) is 9.59 Å². The Hall–Kier alpha value is -5.20. The lowest BCUT2D eigenvalue weighted by molar-refractivity contribution is -0.152. The maximum Gasteiger partial charge on any atom is 0.315 e. The van der Waals surface area contributed by atoms with Crippen molar-refractivity contribution in [3.05, 3.63) is 96.1 Å². The molecule has 0 spiro atoms. The molecule has 6 rings (SSSR count). The third-order valence-corrected chi connectivity index (χ3v) is 7.74. The molecule has 4 aromatic carbocycles. The Labute approximate surface area is 232 Å². The van der Waals surface area contributed by atoms with Gasteiger partial charge in [-0.05, 0) is 83.6 Å². The highest BCUT2D eigenvalue weighted by Gasteiger charge is 2.39. The topological polar surface area (TPSA) is 100 Å². The lowest BCUT2D eigenvalue weighted by Crippen LogP contribution is -2.37. The zero-order valence-electron chi connectivity index (χ0n) is 21.6. The van der Waals surface area contributed by atoms with Gasteiger partial charge < -0.3 is 9.47 Å². The minimum absolute atomic E-state index is 0.392. The van der Waals surface area contributed by atoms with Crippen molar-refractivity contribution >= 4 is 11.9 Å². The molecule has 0 unspecified atom stereocenters. The molecule has 0 bridgehead atoms. The third kappa shape index (κ3) is 4.72. The van der Waals surface area contributed by atoms with E-state index in [0.717, 1.165) is 35.1 Å². The fourth-order valence-electron chi connectivity index (χ4n) is 5.56. The van der Waals surface area contributed by atoms with Crippen molar-refractivity contribution in [1.29, 1.82) is 10.5 Å². The Morgan fingerprint density at radius 2 is 0.925 bits per heavy atom. The summed E-state index contributed by atoms with van der Waals surface area (Å²) in [6.07, 6.45) is 2.89. The number of rotatable bonds is 2. The Bertz CT molecular complexity index is 1580. The predicted molar refractivity (Wildman–Crippen MR) is 149 cm³/mol. The SMILES string of the molecule is N#Cc1ccc(-c2ccc3c(c2)-c2cc(-c4ccc(C#N)cc4)ccc2OC(=O)[C@H]2CCCC[C@@H]2C(=O)O3)cc1. The minimum atomic E-state index is -0.549. The molecule has 2 atom stereocenters. The number of nitrogens with zero attached hydrogens (tertiary/aromatic N) is 2. The van der Waals surface area contributed by atoms with Gasteiger partial charge in [0.1, 0.15) is 11.5 Å². The van der Waals surface area contributed by atoms with Crippen LogP contribution in [0.25, 0.3) is 33.4 Å². The van der Waals surface area contributed by atoms with Crippen LogP contribution < -0.4 is 9.47 Å². The maximum absolute atomic E-state index is 13.4. The van der Waals surface area contributed by atoms with Gasteiger partial charge in [0, 0.05) is 11.1 Å². The van der Waals surface area contributed by atoms with E-state index >= 15 is 0 Å². The van der Waals surface area contributed by atoms with Crippen molar-refractivity contribution in [2.24, 2.45) is 11.8 Å². The van der Waals surface area contributed by atoms with Gasteiger partial charge in [-0.15, -0.1) is 0 Å². The Morgan fingerprint density at radius 3 is 1.30 bits per heavy atom. The van der Waals surface area contributed by atoms with E-state index in [9.17, 15) is 20.1 Å². The monoisotopic (exact) mass is 524 g/mol. The highest BCUT2D eigenvalue weighted by Crippen LogP contribution is 2.44. The molecule has 2 aliphatic rings. The molecule has 1 fully saturated rings. The Balaban J connectivity index is 1.53. The van der Waals surface area contributed by atoms with Crippen molar-refractivity contribution in [1.82, 2.24) is 0 Å². The van der Waals surface area contributed by atoms with Gasteiger partial charge in [0.05, 0.1) is 35.1 Å². The van der Waals surface area contributed by atoms with E-state index in [4.69, 9.17) is 9.47 Å². The molecule has 0 radical (unpaired) electrons. The van der Waals surface area contributed by atoms with Crippen molar-refractivity contribution < 1.29 is 19.1 Å². The average molecular weight is 525 g/mol. The van der Waals surface area contributed by atoms with E-state index in [0.29, 0.717) is 46.6 Å². The summed E-state index contributed by atoms with van der Waals surface area (Å²) in [5, 5.41) is 18.4. The van der Waals surface area contributed by atoms with E-state index in [1.165, 1.54) is 0 Å². The lowest BCUT2D eigenvalue weighted by Gasteiger charge is -2.30. The van der Waals surface area contributed by atoms with Crippen LogP contribution in [0, 0.1) is 34.5 Å². The van der Waals surface area contributed by atoms with Crippen molar-refractivity contribution in [2.45, 2.75) is 25.7 Å².